The lowest BCUT2D eigenvalue weighted by Gasteiger charge is -2.23. The number of anilines is 1. The van der Waals surface area contributed by atoms with Gasteiger partial charge >= 0.3 is 5.97 Å². The molecular formula is C23H27ClN2O6. The number of ether oxygens (including phenoxy) is 3. The second-order valence-electron chi connectivity index (χ2n) is 7.34. The standard InChI is InChI=1S/C23H27ClN2O6/c1-13(2)20(26-22(28)15-6-8-16(24)9-7-15)23(29)32-14(3)21(27)25-18-12-17(30-4)10-11-19(18)31-5/h6-14,20H,1-5H3,(H,25,27)(H,26,28)/t14-,20+/m1/s1. The summed E-state index contributed by atoms with van der Waals surface area (Å²) in [5.41, 5.74) is 0.722. The highest BCUT2D eigenvalue weighted by molar-refractivity contribution is 6.30. The third-order valence-corrected chi connectivity index (χ3v) is 4.89. The Labute approximate surface area is 192 Å². The quantitative estimate of drug-likeness (QED) is 0.551. The van der Waals surface area contributed by atoms with E-state index in [1.807, 2.05) is 0 Å². The molecular weight excluding hydrogens is 436 g/mol. The Hall–Kier alpha value is -3.26. The first-order valence-corrected chi connectivity index (χ1v) is 10.3. The first kappa shape index (κ1) is 25.0. The topological polar surface area (TPSA) is 103 Å². The molecule has 32 heavy (non-hydrogen) atoms. The van der Waals surface area contributed by atoms with Crippen molar-refractivity contribution in [2.24, 2.45) is 5.92 Å². The molecule has 2 amide bonds. The Morgan fingerprint density at radius 3 is 2.16 bits per heavy atom. The molecule has 0 aliphatic heterocycles. The maximum absolute atomic E-state index is 12.7. The van der Waals surface area contributed by atoms with Crippen LogP contribution in [0.4, 0.5) is 5.69 Å². The molecule has 0 unspecified atom stereocenters. The van der Waals surface area contributed by atoms with E-state index in [9.17, 15) is 14.4 Å². The minimum atomic E-state index is -1.12. The molecule has 0 bridgehead atoms. The van der Waals surface area contributed by atoms with E-state index in [0.717, 1.165) is 0 Å². The van der Waals surface area contributed by atoms with E-state index in [1.54, 1.807) is 56.3 Å². The van der Waals surface area contributed by atoms with Crippen LogP contribution in [0.15, 0.2) is 42.5 Å². The van der Waals surface area contributed by atoms with E-state index in [0.29, 0.717) is 27.8 Å². The van der Waals surface area contributed by atoms with Crippen LogP contribution < -0.4 is 20.1 Å². The molecule has 9 heteroatoms. The Balaban J connectivity index is 2.05. The van der Waals surface area contributed by atoms with Gasteiger partial charge in [-0.15, -0.1) is 0 Å². The van der Waals surface area contributed by atoms with Gasteiger partial charge in [0.15, 0.2) is 6.10 Å². The van der Waals surface area contributed by atoms with Crippen LogP contribution >= 0.6 is 11.6 Å². The van der Waals surface area contributed by atoms with Crippen LogP contribution in [0.5, 0.6) is 11.5 Å². The van der Waals surface area contributed by atoms with Gasteiger partial charge in [-0.1, -0.05) is 25.4 Å². The van der Waals surface area contributed by atoms with E-state index < -0.39 is 29.9 Å². The maximum atomic E-state index is 12.7. The monoisotopic (exact) mass is 462 g/mol. The molecule has 0 radical (unpaired) electrons. The van der Waals surface area contributed by atoms with Crippen molar-refractivity contribution in [2.45, 2.75) is 32.9 Å². The Kier molecular flexibility index (Phi) is 8.90. The molecule has 172 valence electrons. The molecule has 2 aromatic carbocycles. The number of nitrogens with one attached hydrogen (secondary N) is 2. The molecule has 0 saturated carbocycles. The second kappa shape index (κ2) is 11.4. The van der Waals surface area contributed by atoms with Crippen LogP contribution in [0.2, 0.25) is 5.02 Å². The number of carbonyl (C=O) groups excluding carboxylic acids is 3. The van der Waals surface area contributed by atoms with Crippen molar-refractivity contribution in [1.29, 1.82) is 0 Å². The Morgan fingerprint density at radius 1 is 0.938 bits per heavy atom. The summed E-state index contributed by atoms with van der Waals surface area (Å²) in [4.78, 5) is 37.8. The summed E-state index contributed by atoms with van der Waals surface area (Å²) in [5.74, 6) is -1.05. The fraction of sp³-hybridized carbons (Fsp3) is 0.348. The average molecular weight is 463 g/mol. The average Bonchev–Trinajstić information content (AvgIpc) is 2.77. The van der Waals surface area contributed by atoms with Gasteiger partial charge in [-0.05, 0) is 49.2 Å². The summed E-state index contributed by atoms with van der Waals surface area (Å²) in [5, 5.41) is 5.81. The summed E-state index contributed by atoms with van der Waals surface area (Å²) < 4.78 is 15.7. The first-order chi connectivity index (χ1) is 15.2. The van der Waals surface area contributed by atoms with Crippen LogP contribution in [0.25, 0.3) is 0 Å². The van der Waals surface area contributed by atoms with Crippen molar-refractivity contribution < 1.29 is 28.6 Å². The lowest BCUT2D eigenvalue weighted by molar-refractivity contribution is -0.156. The zero-order chi connectivity index (χ0) is 23.8. The number of esters is 1. The van der Waals surface area contributed by atoms with Gasteiger partial charge in [0.25, 0.3) is 11.8 Å². The van der Waals surface area contributed by atoms with Crippen LogP contribution in [-0.4, -0.2) is 44.1 Å². The van der Waals surface area contributed by atoms with Crippen LogP contribution in [-0.2, 0) is 14.3 Å². The van der Waals surface area contributed by atoms with E-state index in [1.165, 1.54) is 21.1 Å². The molecule has 2 rings (SSSR count). The minimum absolute atomic E-state index is 0.271. The largest absolute Gasteiger partial charge is 0.497 e. The van der Waals surface area contributed by atoms with Crippen molar-refractivity contribution in [3.63, 3.8) is 0 Å². The molecule has 2 N–H and O–H groups in total. The van der Waals surface area contributed by atoms with Gasteiger partial charge in [0.05, 0.1) is 19.9 Å². The Morgan fingerprint density at radius 2 is 1.59 bits per heavy atom. The van der Waals surface area contributed by atoms with Gasteiger partial charge in [0.1, 0.15) is 17.5 Å². The normalized spacial score (nSPS) is 12.5. The number of benzene rings is 2. The SMILES string of the molecule is COc1ccc(OC)c(NC(=O)[C@@H](C)OC(=O)[C@@H](NC(=O)c2ccc(Cl)cc2)C(C)C)c1. The van der Waals surface area contributed by atoms with Crippen molar-refractivity contribution in [3.8, 4) is 11.5 Å². The molecule has 2 atom stereocenters. The number of methoxy groups -OCH3 is 2. The fourth-order valence-corrected chi connectivity index (χ4v) is 2.90. The number of amides is 2. The maximum Gasteiger partial charge on any atom is 0.329 e. The van der Waals surface area contributed by atoms with E-state index in [-0.39, 0.29) is 5.92 Å². The molecule has 0 aliphatic carbocycles. The number of carbonyl (C=O) groups is 3. The van der Waals surface area contributed by atoms with Crippen molar-refractivity contribution in [3.05, 3.63) is 53.1 Å². The number of hydrogen-bond acceptors (Lipinski definition) is 6. The molecule has 0 heterocycles. The molecule has 8 nitrogen and oxygen atoms in total. The molecule has 0 saturated heterocycles. The van der Waals surface area contributed by atoms with Crippen molar-refractivity contribution >= 4 is 35.1 Å². The third-order valence-electron chi connectivity index (χ3n) is 4.64. The first-order valence-electron chi connectivity index (χ1n) is 9.96. The summed E-state index contributed by atoms with van der Waals surface area (Å²) in [7, 11) is 2.97. The minimum Gasteiger partial charge on any atom is -0.497 e. The predicted molar refractivity (Wildman–Crippen MR) is 121 cm³/mol. The van der Waals surface area contributed by atoms with Crippen LogP contribution in [0.1, 0.15) is 31.1 Å². The third kappa shape index (κ3) is 6.62. The van der Waals surface area contributed by atoms with Gasteiger partial charge in [0, 0.05) is 16.7 Å². The number of halogens is 1. The van der Waals surface area contributed by atoms with Crippen molar-refractivity contribution in [1.82, 2.24) is 5.32 Å². The lowest BCUT2D eigenvalue weighted by Crippen LogP contribution is -2.47. The highest BCUT2D eigenvalue weighted by Gasteiger charge is 2.29. The van der Waals surface area contributed by atoms with Gasteiger partial charge in [-0.2, -0.15) is 0 Å². The molecule has 0 aliphatic rings. The van der Waals surface area contributed by atoms with Gasteiger partial charge in [0.2, 0.25) is 0 Å². The number of rotatable bonds is 9. The summed E-state index contributed by atoms with van der Waals surface area (Å²) in [6.07, 6.45) is -1.12. The van der Waals surface area contributed by atoms with E-state index in [2.05, 4.69) is 10.6 Å². The number of hydrogen-bond donors (Lipinski definition) is 2. The Bertz CT molecular complexity index is 961. The summed E-state index contributed by atoms with van der Waals surface area (Å²) >= 11 is 5.85. The summed E-state index contributed by atoms with van der Waals surface area (Å²) in [6.45, 7) is 4.97. The fourth-order valence-electron chi connectivity index (χ4n) is 2.77. The van der Waals surface area contributed by atoms with E-state index >= 15 is 0 Å². The van der Waals surface area contributed by atoms with Gasteiger partial charge in [-0.3, -0.25) is 9.59 Å². The van der Waals surface area contributed by atoms with Crippen molar-refractivity contribution in [2.75, 3.05) is 19.5 Å². The van der Waals surface area contributed by atoms with Gasteiger partial charge in [-0.25, -0.2) is 4.79 Å². The molecule has 0 spiro atoms. The van der Waals surface area contributed by atoms with E-state index in [4.69, 9.17) is 25.8 Å². The second-order valence-corrected chi connectivity index (χ2v) is 7.77. The molecule has 0 aromatic heterocycles. The summed E-state index contributed by atoms with van der Waals surface area (Å²) in [6, 6.07) is 10.3. The lowest BCUT2D eigenvalue weighted by atomic mass is 10.0. The molecule has 0 fully saturated rings. The van der Waals surface area contributed by atoms with Gasteiger partial charge < -0.3 is 24.8 Å². The predicted octanol–water partition coefficient (Wildman–Crippen LogP) is 3.68. The smallest absolute Gasteiger partial charge is 0.329 e. The highest BCUT2D eigenvalue weighted by Crippen LogP contribution is 2.29. The van der Waals surface area contributed by atoms with Crippen LogP contribution in [0.3, 0.4) is 0 Å². The zero-order valence-electron chi connectivity index (χ0n) is 18.6. The highest BCUT2D eigenvalue weighted by atomic mass is 35.5. The molecule has 2 aromatic rings. The zero-order valence-corrected chi connectivity index (χ0v) is 19.4. The van der Waals surface area contributed by atoms with Crippen LogP contribution in [0, 0.1) is 5.92 Å².